The predicted octanol–water partition coefficient (Wildman–Crippen LogP) is 1.63. The molecule has 1 aliphatic rings. The molecule has 7 nitrogen and oxygen atoms in total. The maximum atomic E-state index is 12.5. The summed E-state index contributed by atoms with van der Waals surface area (Å²) in [5.41, 5.74) is 1.14. The van der Waals surface area contributed by atoms with Gasteiger partial charge in [-0.15, -0.1) is 0 Å². The van der Waals surface area contributed by atoms with Crippen LogP contribution in [0.15, 0.2) is 42.5 Å². The molecule has 2 N–H and O–H groups in total. The number of rotatable bonds is 4. The van der Waals surface area contributed by atoms with Crippen molar-refractivity contribution >= 4 is 11.8 Å². The van der Waals surface area contributed by atoms with Gasteiger partial charge >= 0.3 is 0 Å². The molecule has 27 heavy (non-hydrogen) atoms. The van der Waals surface area contributed by atoms with E-state index in [-0.39, 0.29) is 28.9 Å². The van der Waals surface area contributed by atoms with Crippen LogP contribution >= 0.6 is 0 Å². The summed E-state index contributed by atoms with van der Waals surface area (Å²) in [6, 6.07) is 11.2. The first-order valence-electron chi connectivity index (χ1n) is 8.69. The molecular weight excluding hydrogens is 348 g/mol. The lowest BCUT2D eigenvalue weighted by Crippen LogP contribution is -2.51. The van der Waals surface area contributed by atoms with E-state index in [9.17, 15) is 19.8 Å². The number of aromatic hydroxyl groups is 2. The molecule has 0 aliphatic carbocycles. The van der Waals surface area contributed by atoms with Crippen LogP contribution in [-0.4, -0.2) is 65.1 Å². The summed E-state index contributed by atoms with van der Waals surface area (Å²) in [4.78, 5) is 28.4. The normalized spacial score (nSPS) is 14.1. The third-order valence-corrected chi connectivity index (χ3v) is 4.58. The second kappa shape index (κ2) is 7.99. The highest BCUT2D eigenvalue weighted by atomic mass is 16.5. The maximum Gasteiger partial charge on any atom is 0.254 e. The number of benzene rings is 2. The first-order chi connectivity index (χ1) is 13.0. The molecule has 3 rings (SSSR count). The first-order valence-corrected chi connectivity index (χ1v) is 8.69. The molecule has 142 valence electrons. The number of piperazine rings is 1. The zero-order valence-corrected chi connectivity index (χ0v) is 15.1. The number of phenols is 2. The molecule has 2 amide bonds. The van der Waals surface area contributed by atoms with Crippen molar-refractivity contribution in [3.05, 3.63) is 53.6 Å². The van der Waals surface area contributed by atoms with Crippen molar-refractivity contribution in [2.24, 2.45) is 0 Å². The van der Waals surface area contributed by atoms with Crippen LogP contribution < -0.4 is 4.74 Å². The molecule has 1 heterocycles. The highest BCUT2D eigenvalue weighted by Gasteiger charge is 2.25. The maximum absolute atomic E-state index is 12.5. The minimum Gasteiger partial charge on any atom is -0.508 e. The van der Waals surface area contributed by atoms with E-state index >= 15 is 0 Å². The Bertz CT molecular complexity index is 807. The molecule has 1 fully saturated rings. The van der Waals surface area contributed by atoms with Gasteiger partial charge in [-0.1, -0.05) is 12.1 Å². The van der Waals surface area contributed by atoms with Crippen LogP contribution in [-0.2, 0) is 11.2 Å². The lowest BCUT2D eigenvalue weighted by atomic mass is 10.1. The monoisotopic (exact) mass is 370 g/mol. The standard InChI is InChI=1S/C20H22N2O5/c1-27-18-4-2-14(3-5-18)10-19(25)21-6-8-22(9-7-21)20(26)15-11-16(23)13-17(24)12-15/h2-5,11-13,23-24H,6-10H2,1H3. The van der Waals surface area contributed by atoms with E-state index in [0.717, 1.165) is 11.3 Å². The SMILES string of the molecule is COc1ccc(CC(=O)N2CCN(C(=O)c3cc(O)cc(O)c3)CC2)cc1. The van der Waals surface area contributed by atoms with Gasteiger partial charge < -0.3 is 24.7 Å². The highest BCUT2D eigenvalue weighted by Crippen LogP contribution is 2.22. The topological polar surface area (TPSA) is 90.3 Å². The smallest absolute Gasteiger partial charge is 0.254 e. The van der Waals surface area contributed by atoms with Crippen LogP contribution in [0.2, 0.25) is 0 Å². The van der Waals surface area contributed by atoms with E-state index in [0.29, 0.717) is 32.6 Å². The van der Waals surface area contributed by atoms with Crippen LogP contribution in [0.4, 0.5) is 0 Å². The fourth-order valence-electron chi connectivity index (χ4n) is 3.09. The molecule has 7 heteroatoms. The van der Waals surface area contributed by atoms with Crippen LogP contribution in [0.25, 0.3) is 0 Å². The van der Waals surface area contributed by atoms with Gasteiger partial charge in [-0.25, -0.2) is 0 Å². The average Bonchev–Trinajstić information content (AvgIpc) is 2.67. The van der Waals surface area contributed by atoms with Gasteiger partial charge in [0.15, 0.2) is 0 Å². The van der Waals surface area contributed by atoms with Crippen molar-refractivity contribution in [3.8, 4) is 17.2 Å². The summed E-state index contributed by atoms with van der Waals surface area (Å²) in [7, 11) is 1.60. The number of nitrogens with zero attached hydrogens (tertiary/aromatic N) is 2. The van der Waals surface area contributed by atoms with Crippen LogP contribution in [0.5, 0.6) is 17.2 Å². The van der Waals surface area contributed by atoms with Gasteiger partial charge in [0.25, 0.3) is 5.91 Å². The molecule has 0 atom stereocenters. The van der Waals surface area contributed by atoms with E-state index in [1.165, 1.54) is 18.2 Å². The van der Waals surface area contributed by atoms with Gasteiger partial charge in [-0.3, -0.25) is 9.59 Å². The third-order valence-electron chi connectivity index (χ3n) is 4.58. The van der Waals surface area contributed by atoms with Crippen molar-refractivity contribution in [1.82, 2.24) is 9.80 Å². The molecule has 0 saturated carbocycles. The van der Waals surface area contributed by atoms with Crippen molar-refractivity contribution in [2.75, 3.05) is 33.3 Å². The predicted molar refractivity (Wildman–Crippen MR) is 99.0 cm³/mol. The zero-order valence-electron chi connectivity index (χ0n) is 15.1. The summed E-state index contributed by atoms with van der Waals surface area (Å²) in [5, 5.41) is 19.1. The molecule has 0 radical (unpaired) electrons. The Morgan fingerprint density at radius 1 is 0.926 bits per heavy atom. The fraction of sp³-hybridized carbons (Fsp3) is 0.300. The Morgan fingerprint density at radius 2 is 1.48 bits per heavy atom. The van der Waals surface area contributed by atoms with Crippen LogP contribution in [0.3, 0.4) is 0 Å². The Morgan fingerprint density at radius 3 is 2.04 bits per heavy atom. The van der Waals surface area contributed by atoms with Crippen molar-refractivity contribution < 1.29 is 24.5 Å². The molecule has 2 aromatic carbocycles. The van der Waals surface area contributed by atoms with Gasteiger partial charge in [-0.2, -0.15) is 0 Å². The average molecular weight is 370 g/mol. The Hall–Kier alpha value is -3.22. The first kappa shape index (κ1) is 18.6. The molecule has 0 aromatic heterocycles. The number of amides is 2. The lowest BCUT2D eigenvalue weighted by molar-refractivity contribution is -0.131. The van der Waals surface area contributed by atoms with Gasteiger partial charge in [-0.05, 0) is 29.8 Å². The van der Waals surface area contributed by atoms with Gasteiger partial charge in [0.2, 0.25) is 5.91 Å². The van der Waals surface area contributed by atoms with Crippen molar-refractivity contribution in [2.45, 2.75) is 6.42 Å². The van der Waals surface area contributed by atoms with E-state index in [1.807, 2.05) is 24.3 Å². The Labute approximate surface area is 157 Å². The number of methoxy groups -OCH3 is 1. The second-order valence-corrected chi connectivity index (χ2v) is 6.44. The molecular formula is C20H22N2O5. The number of hydrogen-bond donors (Lipinski definition) is 2. The Balaban J connectivity index is 1.56. The molecule has 2 aromatic rings. The minimum atomic E-state index is -0.275. The van der Waals surface area contributed by atoms with E-state index in [4.69, 9.17) is 4.74 Å². The van der Waals surface area contributed by atoms with Crippen molar-refractivity contribution in [1.29, 1.82) is 0 Å². The number of carbonyl (C=O) groups is 2. The van der Waals surface area contributed by atoms with Gasteiger partial charge in [0.05, 0.1) is 13.5 Å². The van der Waals surface area contributed by atoms with E-state index < -0.39 is 0 Å². The molecule has 0 unspecified atom stereocenters. The third kappa shape index (κ3) is 4.49. The molecule has 0 spiro atoms. The summed E-state index contributed by atoms with van der Waals surface area (Å²) >= 11 is 0. The number of carbonyl (C=O) groups excluding carboxylic acids is 2. The molecule has 1 saturated heterocycles. The molecule has 0 bridgehead atoms. The van der Waals surface area contributed by atoms with Crippen LogP contribution in [0, 0.1) is 0 Å². The van der Waals surface area contributed by atoms with Gasteiger partial charge in [0.1, 0.15) is 17.2 Å². The number of hydrogen-bond acceptors (Lipinski definition) is 5. The largest absolute Gasteiger partial charge is 0.508 e. The lowest BCUT2D eigenvalue weighted by Gasteiger charge is -2.35. The number of phenolic OH excluding ortho intramolecular Hbond substituents is 2. The highest BCUT2D eigenvalue weighted by molar-refractivity contribution is 5.95. The van der Waals surface area contributed by atoms with E-state index in [1.54, 1.807) is 16.9 Å². The van der Waals surface area contributed by atoms with E-state index in [2.05, 4.69) is 0 Å². The fourth-order valence-corrected chi connectivity index (χ4v) is 3.09. The summed E-state index contributed by atoms with van der Waals surface area (Å²) in [6.07, 6.45) is 0.304. The minimum absolute atomic E-state index is 0.0160. The second-order valence-electron chi connectivity index (χ2n) is 6.44. The van der Waals surface area contributed by atoms with Crippen molar-refractivity contribution in [3.63, 3.8) is 0 Å². The summed E-state index contributed by atoms with van der Waals surface area (Å²) < 4.78 is 5.11. The van der Waals surface area contributed by atoms with Crippen LogP contribution in [0.1, 0.15) is 15.9 Å². The Kier molecular flexibility index (Phi) is 5.49. The summed E-state index contributed by atoms with van der Waals surface area (Å²) in [5.74, 6) is 0.167. The summed E-state index contributed by atoms with van der Waals surface area (Å²) in [6.45, 7) is 1.71. The van der Waals surface area contributed by atoms with Gasteiger partial charge in [0, 0.05) is 37.8 Å². The zero-order chi connectivity index (χ0) is 19.4. The quantitative estimate of drug-likeness (QED) is 0.854. The number of ether oxygens (including phenoxy) is 1. The molecule has 1 aliphatic heterocycles.